The minimum Gasteiger partial charge on any atom is -0.508 e. The largest absolute Gasteiger partial charge is 0.508 e. The number of carboxylic acid groups (broad SMARTS) is 1. The second kappa shape index (κ2) is 38.4. The highest BCUT2D eigenvalue weighted by molar-refractivity contribution is 5.85. The molecule has 2 aromatic rings. The number of amides is 4. The quantitative estimate of drug-likeness (QED) is 0.0343. The van der Waals surface area contributed by atoms with Gasteiger partial charge in [0.15, 0.2) is 0 Å². The van der Waals surface area contributed by atoms with Crippen LogP contribution >= 0.6 is 0 Å². The van der Waals surface area contributed by atoms with Gasteiger partial charge in [0.1, 0.15) is 34.5 Å². The van der Waals surface area contributed by atoms with E-state index in [1.165, 1.54) is 37.8 Å². The molecule has 0 atom stereocenters. The van der Waals surface area contributed by atoms with Gasteiger partial charge in [-0.25, -0.2) is 0 Å². The molecule has 0 saturated carbocycles. The van der Waals surface area contributed by atoms with Crippen molar-refractivity contribution < 1.29 is 73.0 Å². The zero-order valence-corrected chi connectivity index (χ0v) is 40.1. The number of ether oxygens (including phenoxy) is 3. The van der Waals surface area contributed by atoms with Crippen LogP contribution in [0.5, 0.6) is 34.5 Å². The molecule has 0 bridgehead atoms. The number of carboxylic acids is 1. The van der Waals surface area contributed by atoms with Gasteiger partial charge in [-0.15, -0.1) is 52.6 Å². The highest BCUT2D eigenvalue weighted by atomic mass is 16.6. The molecule has 0 spiro atoms. The second-order valence-electron chi connectivity index (χ2n) is 14.7. The number of esters is 3. The van der Waals surface area contributed by atoms with Crippen molar-refractivity contribution in [3.8, 4) is 34.5 Å². The van der Waals surface area contributed by atoms with Crippen molar-refractivity contribution in [2.45, 2.75) is 58.8 Å². The maximum atomic E-state index is 12.7. The molecule has 0 aliphatic carbocycles. The third-order valence-electron chi connectivity index (χ3n) is 8.82. The number of hydrogen-bond acceptors (Lipinski definition) is 14. The number of aliphatic carboxylic acids is 1. The summed E-state index contributed by atoms with van der Waals surface area (Å²) in [6.45, 7) is 31.2. The molecule has 0 fully saturated rings. The molecule has 19 nitrogen and oxygen atoms in total. The SMILES string of the molecule is C.C=CCN(CC=C)C(=O)CCC(=O)O.C=CCN(CC=C)C(=O)CCC(=O)Oc1cc(OC(=O)CCC(=O)N(CC=C)CC=C)cc(OC(=O)CCC(=O)N(CC=C)CC=C)c1.Oc1cc(O)cc(O)c1. The third kappa shape index (κ3) is 29.4. The first-order valence-corrected chi connectivity index (χ1v) is 22.0. The van der Waals surface area contributed by atoms with E-state index in [1.54, 1.807) is 48.6 Å². The predicted molar refractivity (Wildman–Crippen MR) is 274 cm³/mol. The molecule has 0 saturated heterocycles. The van der Waals surface area contributed by atoms with Crippen LogP contribution in [-0.4, -0.2) is 140 Å². The highest BCUT2D eigenvalue weighted by Gasteiger charge is 2.20. The maximum Gasteiger partial charge on any atom is 0.311 e. The Morgan fingerprint density at radius 3 is 0.736 bits per heavy atom. The fourth-order valence-electron chi connectivity index (χ4n) is 5.68. The van der Waals surface area contributed by atoms with Crippen LogP contribution in [0.3, 0.4) is 0 Å². The van der Waals surface area contributed by atoms with Crippen LogP contribution in [0.15, 0.2) is 138 Å². The summed E-state index contributed by atoms with van der Waals surface area (Å²) in [5.74, 6) is -5.23. The van der Waals surface area contributed by atoms with Gasteiger partial charge in [0.25, 0.3) is 0 Å². The Morgan fingerprint density at radius 2 is 0.556 bits per heavy atom. The van der Waals surface area contributed by atoms with Crippen molar-refractivity contribution in [1.82, 2.24) is 19.6 Å². The van der Waals surface area contributed by atoms with Gasteiger partial charge < -0.3 is 54.2 Å². The Kier molecular flexibility index (Phi) is 35.0. The maximum absolute atomic E-state index is 12.7. The molecule has 0 unspecified atom stereocenters. The van der Waals surface area contributed by atoms with E-state index >= 15 is 0 Å². The highest BCUT2D eigenvalue weighted by Crippen LogP contribution is 2.29. The van der Waals surface area contributed by atoms with Gasteiger partial charge in [-0.3, -0.25) is 38.4 Å². The first-order chi connectivity index (χ1) is 33.8. The van der Waals surface area contributed by atoms with Crippen LogP contribution in [0, 0.1) is 0 Å². The molecule has 392 valence electrons. The minimum atomic E-state index is -0.962. The topological polar surface area (TPSA) is 258 Å². The summed E-state index contributed by atoms with van der Waals surface area (Å²) in [4.78, 5) is 103. The molecule has 0 aliphatic rings. The fraction of sp³-hybridized carbons (Fsp3) is 0.321. The lowest BCUT2D eigenvalue weighted by Gasteiger charge is -2.19. The number of hydrogen-bond donors (Lipinski definition) is 4. The summed E-state index contributed by atoms with van der Waals surface area (Å²) in [5, 5.41) is 34.4. The molecule has 0 aromatic heterocycles. The van der Waals surface area contributed by atoms with Crippen molar-refractivity contribution >= 4 is 47.5 Å². The second-order valence-corrected chi connectivity index (χ2v) is 14.7. The molecule has 2 rings (SSSR count). The Balaban J connectivity index is 0. The van der Waals surface area contributed by atoms with E-state index < -0.39 is 23.9 Å². The van der Waals surface area contributed by atoms with Gasteiger partial charge >= 0.3 is 23.9 Å². The van der Waals surface area contributed by atoms with Crippen LogP contribution in [0.2, 0.25) is 0 Å². The molecule has 19 heteroatoms. The number of rotatable bonds is 31. The number of carbonyl (C=O) groups is 8. The Labute approximate surface area is 422 Å². The third-order valence-corrected chi connectivity index (χ3v) is 8.82. The van der Waals surface area contributed by atoms with Crippen LogP contribution in [-0.2, 0) is 38.4 Å². The number of phenolic OH excluding ortho intramolecular Hbond substituents is 3. The van der Waals surface area contributed by atoms with Gasteiger partial charge in [-0.1, -0.05) is 56.0 Å². The van der Waals surface area contributed by atoms with Gasteiger partial charge in [-0.2, -0.15) is 0 Å². The van der Waals surface area contributed by atoms with E-state index in [9.17, 15) is 38.4 Å². The first kappa shape index (κ1) is 65.6. The van der Waals surface area contributed by atoms with Crippen molar-refractivity contribution in [2.75, 3.05) is 52.4 Å². The first-order valence-electron chi connectivity index (χ1n) is 22.0. The van der Waals surface area contributed by atoms with Crippen LogP contribution in [0.1, 0.15) is 58.8 Å². The van der Waals surface area contributed by atoms with Gasteiger partial charge in [-0.05, 0) is 0 Å². The minimum absolute atomic E-state index is 0. The summed E-state index contributed by atoms with van der Waals surface area (Å²) < 4.78 is 16.2. The van der Waals surface area contributed by atoms with Crippen LogP contribution in [0.25, 0.3) is 0 Å². The number of benzene rings is 2. The molecule has 2 aromatic carbocycles. The van der Waals surface area contributed by atoms with Crippen LogP contribution < -0.4 is 14.2 Å². The fourth-order valence-corrected chi connectivity index (χ4v) is 5.68. The average molecular weight is 1000 g/mol. The smallest absolute Gasteiger partial charge is 0.311 e. The molecule has 72 heavy (non-hydrogen) atoms. The molecule has 0 radical (unpaired) electrons. The number of phenols is 3. The number of aromatic hydroxyl groups is 3. The number of carbonyl (C=O) groups excluding carboxylic acids is 7. The zero-order valence-electron chi connectivity index (χ0n) is 40.1. The van der Waals surface area contributed by atoms with Crippen molar-refractivity contribution in [1.29, 1.82) is 0 Å². The average Bonchev–Trinajstić information content (AvgIpc) is 3.30. The summed E-state index contributed by atoms with van der Waals surface area (Å²) in [6, 6.07) is 7.10. The van der Waals surface area contributed by atoms with E-state index in [4.69, 9.17) is 34.6 Å². The Hall–Kier alpha value is -8.48. The Morgan fingerprint density at radius 1 is 0.361 bits per heavy atom. The molecule has 0 heterocycles. The summed E-state index contributed by atoms with van der Waals surface area (Å²) in [6.07, 6.45) is 11.1. The molecular weight excluding hydrogens is 933 g/mol. The van der Waals surface area contributed by atoms with Crippen LogP contribution in [0.4, 0.5) is 0 Å². The molecule has 4 N–H and O–H groups in total. The lowest BCUT2D eigenvalue weighted by molar-refractivity contribution is -0.140. The van der Waals surface area contributed by atoms with E-state index in [1.807, 2.05) is 0 Å². The standard InChI is InChI=1S/C36H45N3O9.C10H15NO3.C6H6O3.CH4/c1-7-19-37(20-8-2)31(40)13-16-34(43)46-28-25-29(47-35(44)17-14-32(41)38(21-9-3)22-10-4)27-30(26-28)48-36(45)18-15-33(42)39(23-11-5)24-12-6;1-3-7-11(8-4-2)9(12)5-6-10(13)14;7-4-1-5(8)3-6(9)2-4;/h7-12,25-27H,1-6,13-24H2;3-4H,1-2,5-8H2,(H,13,14);1-3,7-9H;1H4. The lowest BCUT2D eigenvalue weighted by atomic mass is 10.2. The Bertz CT molecular complexity index is 1940. The molecule has 4 amide bonds. The predicted octanol–water partition coefficient (Wildman–Crippen LogP) is 6.84. The summed E-state index contributed by atoms with van der Waals surface area (Å²) >= 11 is 0. The van der Waals surface area contributed by atoms with Gasteiger partial charge in [0.05, 0.1) is 25.7 Å². The normalized spacial score (nSPS) is 9.61. The van der Waals surface area contributed by atoms with Gasteiger partial charge in [0.2, 0.25) is 23.6 Å². The van der Waals surface area contributed by atoms with E-state index in [0.29, 0.717) is 13.1 Å². The summed E-state index contributed by atoms with van der Waals surface area (Å²) in [5.41, 5.74) is 0. The van der Waals surface area contributed by atoms with Gasteiger partial charge in [0, 0.05) is 114 Å². The van der Waals surface area contributed by atoms with Crippen molar-refractivity contribution in [3.05, 3.63) is 138 Å². The zero-order chi connectivity index (χ0) is 53.7. The van der Waals surface area contributed by atoms with Crippen molar-refractivity contribution in [2.24, 2.45) is 0 Å². The van der Waals surface area contributed by atoms with Crippen molar-refractivity contribution in [3.63, 3.8) is 0 Å². The van der Waals surface area contributed by atoms with E-state index in [-0.39, 0.29) is 156 Å². The number of nitrogens with zero attached hydrogens (tertiary/aromatic N) is 4. The lowest BCUT2D eigenvalue weighted by Crippen LogP contribution is -2.31. The molecular formula is C53H70N4O15. The molecule has 0 aliphatic heterocycles. The van der Waals surface area contributed by atoms with E-state index in [0.717, 1.165) is 18.2 Å². The summed E-state index contributed by atoms with van der Waals surface area (Å²) in [7, 11) is 0. The van der Waals surface area contributed by atoms with E-state index in [2.05, 4.69) is 52.6 Å². The monoisotopic (exact) mass is 1000 g/mol.